The van der Waals surface area contributed by atoms with Gasteiger partial charge in [-0.1, -0.05) is 60.7 Å². The number of morpholine rings is 1. The van der Waals surface area contributed by atoms with Crippen LogP contribution in [0.15, 0.2) is 66.9 Å². The van der Waals surface area contributed by atoms with E-state index in [0.29, 0.717) is 24.3 Å². The highest BCUT2D eigenvalue weighted by atomic mass is 16.5. The second kappa shape index (κ2) is 9.45. The molecule has 1 fully saturated rings. The Morgan fingerprint density at radius 1 is 1.03 bits per heavy atom. The molecule has 3 aromatic rings. The van der Waals surface area contributed by atoms with E-state index in [-0.39, 0.29) is 11.4 Å². The number of ether oxygens (including phenoxy) is 1. The first-order valence-corrected chi connectivity index (χ1v) is 10.8. The molecule has 0 unspecified atom stereocenters. The third-order valence-corrected chi connectivity index (χ3v) is 5.79. The summed E-state index contributed by atoms with van der Waals surface area (Å²) in [5.74, 6) is -0.0977. The summed E-state index contributed by atoms with van der Waals surface area (Å²) >= 11 is 0. The zero-order valence-corrected chi connectivity index (χ0v) is 18.3. The van der Waals surface area contributed by atoms with Crippen molar-refractivity contribution in [3.8, 4) is 11.3 Å². The van der Waals surface area contributed by atoms with Crippen LogP contribution in [0.5, 0.6) is 0 Å². The van der Waals surface area contributed by atoms with Gasteiger partial charge in [0.25, 0.3) is 5.91 Å². The first-order valence-electron chi connectivity index (χ1n) is 10.8. The van der Waals surface area contributed by atoms with Crippen molar-refractivity contribution in [2.45, 2.75) is 25.9 Å². The molecule has 2 aromatic carbocycles. The molecule has 31 heavy (non-hydrogen) atoms. The third kappa shape index (κ3) is 5.21. The van der Waals surface area contributed by atoms with Crippen molar-refractivity contribution in [1.82, 2.24) is 20.0 Å². The fraction of sp³-hybridized carbons (Fsp3) is 0.360. The molecule has 2 heterocycles. The van der Waals surface area contributed by atoms with Gasteiger partial charge >= 0.3 is 0 Å². The number of hydrogen-bond donors (Lipinski definition) is 1. The van der Waals surface area contributed by atoms with Gasteiger partial charge in [0.1, 0.15) is 5.69 Å². The molecule has 6 heteroatoms. The maximum Gasteiger partial charge on any atom is 0.255 e. The number of amides is 1. The van der Waals surface area contributed by atoms with Gasteiger partial charge in [0.15, 0.2) is 0 Å². The molecule has 0 aliphatic carbocycles. The molecule has 1 saturated heterocycles. The van der Waals surface area contributed by atoms with Crippen molar-refractivity contribution in [2.75, 3.05) is 32.8 Å². The van der Waals surface area contributed by atoms with E-state index in [1.165, 1.54) is 0 Å². The van der Waals surface area contributed by atoms with Gasteiger partial charge in [-0.15, -0.1) is 0 Å². The van der Waals surface area contributed by atoms with Gasteiger partial charge in [0.05, 0.1) is 25.3 Å². The summed E-state index contributed by atoms with van der Waals surface area (Å²) in [6.07, 6.45) is 1.85. The van der Waals surface area contributed by atoms with Gasteiger partial charge in [-0.3, -0.25) is 14.4 Å². The van der Waals surface area contributed by atoms with Crippen LogP contribution in [-0.2, 0) is 11.3 Å². The second-order valence-electron chi connectivity index (χ2n) is 8.54. The first-order chi connectivity index (χ1) is 15.0. The zero-order valence-electron chi connectivity index (χ0n) is 18.3. The predicted molar refractivity (Wildman–Crippen MR) is 122 cm³/mol. The Hall–Kier alpha value is -2.96. The summed E-state index contributed by atoms with van der Waals surface area (Å²) in [4.78, 5) is 15.6. The third-order valence-electron chi connectivity index (χ3n) is 5.79. The van der Waals surface area contributed by atoms with E-state index in [4.69, 9.17) is 9.84 Å². The van der Waals surface area contributed by atoms with Gasteiger partial charge in [0, 0.05) is 36.9 Å². The van der Waals surface area contributed by atoms with Crippen LogP contribution in [0.4, 0.5) is 0 Å². The summed E-state index contributed by atoms with van der Waals surface area (Å²) in [6.45, 7) is 8.74. The topological polar surface area (TPSA) is 59.4 Å². The van der Waals surface area contributed by atoms with Crippen molar-refractivity contribution in [3.05, 3.63) is 78.0 Å². The molecule has 1 amide bonds. The Kier molecular flexibility index (Phi) is 6.49. The van der Waals surface area contributed by atoms with Gasteiger partial charge in [-0.25, -0.2) is 0 Å². The van der Waals surface area contributed by atoms with Crippen molar-refractivity contribution in [1.29, 1.82) is 0 Å². The van der Waals surface area contributed by atoms with Crippen molar-refractivity contribution in [3.63, 3.8) is 0 Å². The van der Waals surface area contributed by atoms with Crippen LogP contribution in [0.3, 0.4) is 0 Å². The number of aromatic nitrogens is 2. The normalized spacial score (nSPS) is 15.0. The Labute approximate surface area is 183 Å². The maximum atomic E-state index is 13.2. The lowest BCUT2D eigenvalue weighted by Crippen LogP contribution is -2.55. The van der Waals surface area contributed by atoms with E-state index in [9.17, 15) is 4.79 Å². The summed E-state index contributed by atoms with van der Waals surface area (Å²) in [6, 6.07) is 20.0. The summed E-state index contributed by atoms with van der Waals surface area (Å²) in [7, 11) is 0. The molecule has 1 aliphatic heterocycles. The first kappa shape index (κ1) is 21.3. The number of carbonyl (C=O) groups is 1. The lowest BCUT2D eigenvalue weighted by atomic mass is 10.0. The molecule has 6 nitrogen and oxygen atoms in total. The molecule has 162 valence electrons. The van der Waals surface area contributed by atoms with Crippen molar-refractivity contribution in [2.24, 2.45) is 0 Å². The Morgan fingerprint density at radius 2 is 1.68 bits per heavy atom. The van der Waals surface area contributed by atoms with Gasteiger partial charge in [-0.2, -0.15) is 5.10 Å². The minimum Gasteiger partial charge on any atom is -0.379 e. The number of carbonyl (C=O) groups excluding carboxylic acids is 1. The number of hydrogen-bond acceptors (Lipinski definition) is 4. The predicted octanol–water partition coefficient (Wildman–Crippen LogP) is 3.44. The van der Waals surface area contributed by atoms with E-state index in [1.807, 2.05) is 59.4 Å². The second-order valence-corrected chi connectivity index (χ2v) is 8.54. The van der Waals surface area contributed by atoms with E-state index < -0.39 is 0 Å². The fourth-order valence-corrected chi connectivity index (χ4v) is 3.92. The SMILES string of the molecule is CC(C)(CNC(=O)c1cn(Cc2ccccc2)nc1-c1ccccc1)N1CCOCC1. The smallest absolute Gasteiger partial charge is 0.255 e. The summed E-state index contributed by atoms with van der Waals surface area (Å²) in [5, 5.41) is 7.91. The van der Waals surface area contributed by atoms with Crippen LogP contribution >= 0.6 is 0 Å². The molecule has 0 spiro atoms. The van der Waals surface area contributed by atoms with Gasteiger partial charge in [-0.05, 0) is 19.4 Å². The molecular weight excluding hydrogens is 388 g/mol. The number of rotatable bonds is 7. The van der Waals surface area contributed by atoms with E-state index in [1.54, 1.807) is 0 Å². The highest BCUT2D eigenvalue weighted by Crippen LogP contribution is 2.23. The average Bonchev–Trinajstić information content (AvgIpc) is 3.23. The average molecular weight is 419 g/mol. The summed E-state index contributed by atoms with van der Waals surface area (Å²) in [5.41, 5.74) is 3.24. The quantitative estimate of drug-likeness (QED) is 0.639. The molecular formula is C25H30N4O2. The van der Waals surface area contributed by atoms with Crippen LogP contribution < -0.4 is 5.32 Å². The molecule has 0 saturated carbocycles. The standard InChI is InChI=1S/C25H30N4O2/c1-25(2,28-13-15-31-16-14-28)19-26-24(30)22-18-29(17-20-9-5-3-6-10-20)27-23(22)21-11-7-4-8-12-21/h3-12,18H,13-17,19H2,1-2H3,(H,26,30). The van der Waals surface area contributed by atoms with Crippen LogP contribution in [0.1, 0.15) is 29.8 Å². The Bertz CT molecular complexity index is 993. The Balaban J connectivity index is 1.54. The monoisotopic (exact) mass is 418 g/mol. The molecule has 0 bridgehead atoms. The van der Waals surface area contributed by atoms with E-state index in [2.05, 4.69) is 36.2 Å². The van der Waals surface area contributed by atoms with Gasteiger partial charge in [0.2, 0.25) is 0 Å². The van der Waals surface area contributed by atoms with Crippen LogP contribution in [0, 0.1) is 0 Å². The largest absolute Gasteiger partial charge is 0.379 e. The minimum atomic E-state index is -0.146. The minimum absolute atomic E-state index is 0.0977. The number of nitrogens with zero attached hydrogens (tertiary/aromatic N) is 3. The van der Waals surface area contributed by atoms with Crippen LogP contribution in [0.25, 0.3) is 11.3 Å². The molecule has 0 radical (unpaired) electrons. The Morgan fingerprint density at radius 3 is 2.35 bits per heavy atom. The molecule has 1 N–H and O–H groups in total. The van der Waals surface area contributed by atoms with E-state index >= 15 is 0 Å². The highest BCUT2D eigenvalue weighted by Gasteiger charge is 2.29. The maximum absolute atomic E-state index is 13.2. The lowest BCUT2D eigenvalue weighted by molar-refractivity contribution is -0.00923. The van der Waals surface area contributed by atoms with Crippen LogP contribution in [0.2, 0.25) is 0 Å². The summed E-state index contributed by atoms with van der Waals surface area (Å²) < 4.78 is 7.31. The molecule has 1 aliphatic rings. The number of benzene rings is 2. The molecule has 1 aromatic heterocycles. The molecule has 0 atom stereocenters. The number of nitrogens with one attached hydrogen (secondary N) is 1. The fourth-order valence-electron chi connectivity index (χ4n) is 3.92. The van der Waals surface area contributed by atoms with Crippen molar-refractivity contribution >= 4 is 5.91 Å². The van der Waals surface area contributed by atoms with Crippen molar-refractivity contribution < 1.29 is 9.53 Å². The zero-order chi connectivity index (χ0) is 21.7. The lowest BCUT2D eigenvalue weighted by Gasteiger charge is -2.40. The van der Waals surface area contributed by atoms with Gasteiger partial charge < -0.3 is 10.1 Å². The van der Waals surface area contributed by atoms with Crippen LogP contribution in [-0.4, -0.2) is 59.0 Å². The van der Waals surface area contributed by atoms with E-state index in [0.717, 1.165) is 37.4 Å². The molecule has 4 rings (SSSR count). The highest BCUT2D eigenvalue weighted by molar-refractivity contribution is 5.99.